The topological polar surface area (TPSA) is 159 Å². The third kappa shape index (κ3) is 5.02. The van der Waals surface area contributed by atoms with E-state index in [9.17, 15) is 27.8 Å². The van der Waals surface area contributed by atoms with Crippen molar-refractivity contribution in [3.05, 3.63) is 81.0 Å². The van der Waals surface area contributed by atoms with Crippen molar-refractivity contribution in [1.29, 1.82) is 0 Å². The molecular weight excluding hydrogens is 531 g/mol. The van der Waals surface area contributed by atoms with Gasteiger partial charge in [-0.1, -0.05) is 23.7 Å². The number of ketones is 1. The van der Waals surface area contributed by atoms with E-state index in [-0.39, 0.29) is 21.8 Å². The summed E-state index contributed by atoms with van der Waals surface area (Å²) in [4.78, 5) is 20.1. The minimum absolute atomic E-state index is 0.00771. The van der Waals surface area contributed by atoms with Crippen LogP contribution in [0.2, 0.25) is 4.34 Å². The number of nitrogens with one attached hydrogen (secondary N) is 1. The summed E-state index contributed by atoms with van der Waals surface area (Å²) in [6.07, 6.45) is -1.39. The van der Waals surface area contributed by atoms with E-state index in [2.05, 4.69) is 14.4 Å². The lowest BCUT2D eigenvalue weighted by atomic mass is 10.0. The van der Waals surface area contributed by atoms with Crippen molar-refractivity contribution in [2.75, 3.05) is 0 Å². The maximum absolute atomic E-state index is 14.5. The van der Waals surface area contributed by atoms with Crippen LogP contribution in [-0.4, -0.2) is 46.3 Å². The molecule has 0 saturated carbocycles. The van der Waals surface area contributed by atoms with Crippen molar-refractivity contribution in [3.63, 3.8) is 0 Å². The molecule has 9 nitrogen and oxygen atoms in total. The molecule has 2 aromatic heterocycles. The van der Waals surface area contributed by atoms with Crippen molar-refractivity contribution in [3.8, 4) is 0 Å². The number of sulfonamides is 1. The molecule has 0 aliphatic rings. The second-order valence-electron chi connectivity index (χ2n) is 7.57. The molecule has 2 heterocycles. The Bertz CT molecular complexity index is 1620. The summed E-state index contributed by atoms with van der Waals surface area (Å²) >= 11 is 6.96. The number of imidazole rings is 1. The normalized spacial score (nSPS) is 14.1. The molecule has 5 N–H and O–H groups in total. The Kier molecular flexibility index (Phi) is 6.96. The van der Waals surface area contributed by atoms with Gasteiger partial charge in [0.2, 0.25) is 5.78 Å². The van der Waals surface area contributed by atoms with E-state index in [0.29, 0.717) is 15.4 Å². The van der Waals surface area contributed by atoms with Crippen molar-refractivity contribution in [2.24, 2.45) is 10.1 Å². The van der Waals surface area contributed by atoms with Crippen LogP contribution in [-0.2, 0) is 10.0 Å². The van der Waals surface area contributed by atoms with Crippen LogP contribution < -0.4 is 5.73 Å². The summed E-state index contributed by atoms with van der Waals surface area (Å²) in [6, 6.07) is 12.6. The number of amidine groups is 1. The molecule has 0 aliphatic carbocycles. The number of thiophene rings is 1. The average molecular weight is 549 g/mol. The van der Waals surface area contributed by atoms with Crippen LogP contribution in [0.15, 0.2) is 63.9 Å². The zero-order valence-corrected chi connectivity index (χ0v) is 20.8. The van der Waals surface area contributed by atoms with Gasteiger partial charge in [0, 0.05) is 5.56 Å². The van der Waals surface area contributed by atoms with Crippen molar-refractivity contribution < 1.29 is 27.8 Å². The third-order valence-electron chi connectivity index (χ3n) is 5.02. The van der Waals surface area contributed by atoms with Gasteiger partial charge in [-0.2, -0.15) is 8.42 Å². The fourth-order valence-corrected chi connectivity index (χ4v) is 5.32. The molecule has 0 fully saturated rings. The molecule has 186 valence electrons. The van der Waals surface area contributed by atoms with E-state index in [1.54, 1.807) is 24.3 Å². The van der Waals surface area contributed by atoms with Gasteiger partial charge < -0.3 is 20.9 Å². The lowest BCUT2D eigenvalue weighted by Gasteiger charge is -2.10. The maximum Gasteiger partial charge on any atom is 0.286 e. The fraction of sp³-hybridized carbons (Fsp3) is 0.0870. The molecule has 0 unspecified atom stereocenters. The standard InChI is InChI=1S/C23H18ClFN4O5S2/c1-11(30)22(26)29-36(33,34)17-10-12(6-7-13(17)25)20(31)19(21(32)16-8-9-18(24)35-16)23-27-14-4-2-3-5-15(14)28-23/h2-11,30-31H,1H3,(H2,26,29)(H,27,28)/t11-/m1/s1. The van der Waals surface area contributed by atoms with Crippen molar-refractivity contribution in [1.82, 2.24) is 9.97 Å². The zero-order valence-electron chi connectivity index (χ0n) is 18.4. The van der Waals surface area contributed by atoms with Crippen LogP contribution in [0.25, 0.3) is 22.4 Å². The first-order valence-electron chi connectivity index (χ1n) is 10.2. The minimum atomic E-state index is -4.70. The lowest BCUT2D eigenvalue weighted by molar-refractivity contribution is 0.105. The monoisotopic (exact) mass is 548 g/mol. The molecule has 4 aromatic rings. The van der Waals surface area contributed by atoms with Crippen LogP contribution in [0, 0.1) is 5.82 Å². The number of hydrogen-bond acceptors (Lipinski definition) is 7. The number of hydrogen-bond donors (Lipinski definition) is 4. The number of aliphatic hydroxyl groups is 2. The van der Waals surface area contributed by atoms with Gasteiger partial charge >= 0.3 is 0 Å². The number of H-pyrrole nitrogens is 1. The van der Waals surface area contributed by atoms with Gasteiger partial charge in [-0.15, -0.1) is 15.7 Å². The van der Waals surface area contributed by atoms with Gasteiger partial charge in [-0.25, -0.2) is 9.37 Å². The van der Waals surface area contributed by atoms with E-state index in [0.717, 1.165) is 29.5 Å². The molecule has 2 aromatic carbocycles. The summed E-state index contributed by atoms with van der Waals surface area (Å²) in [5.41, 5.74) is 6.04. The summed E-state index contributed by atoms with van der Waals surface area (Å²) in [6.45, 7) is 1.19. The predicted molar refractivity (Wildman–Crippen MR) is 136 cm³/mol. The number of Topliss-reactive ketones (excluding diaryl/α,β-unsaturated/α-hetero) is 1. The number of aromatic amines is 1. The third-order valence-corrected chi connectivity index (χ3v) is 7.57. The summed E-state index contributed by atoms with van der Waals surface area (Å²) in [5.74, 6) is -3.11. The molecule has 0 spiro atoms. The lowest BCUT2D eigenvalue weighted by Crippen LogP contribution is -2.27. The Morgan fingerprint density at radius 3 is 2.58 bits per heavy atom. The largest absolute Gasteiger partial charge is 0.506 e. The van der Waals surface area contributed by atoms with Gasteiger partial charge in [0.15, 0.2) is 0 Å². The summed E-state index contributed by atoms with van der Waals surface area (Å²) in [7, 11) is -4.70. The maximum atomic E-state index is 14.5. The highest BCUT2D eigenvalue weighted by Gasteiger charge is 2.27. The molecular formula is C23H18ClFN4O5S2. The molecule has 4 rings (SSSR count). The molecule has 1 atom stereocenters. The Labute approximate surface area is 213 Å². The molecule has 0 amide bonds. The van der Waals surface area contributed by atoms with E-state index in [1.807, 2.05) is 0 Å². The minimum Gasteiger partial charge on any atom is -0.506 e. The van der Waals surface area contributed by atoms with Crippen LogP contribution in [0.4, 0.5) is 4.39 Å². The van der Waals surface area contributed by atoms with Crippen molar-refractivity contribution in [2.45, 2.75) is 17.9 Å². The zero-order chi connectivity index (χ0) is 26.2. The number of allylic oxidation sites excluding steroid dienone is 1. The molecule has 0 radical (unpaired) electrons. The van der Waals surface area contributed by atoms with E-state index >= 15 is 0 Å². The number of nitrogens with two attached hydrogens (primary N) is 1. The van der Waals surface area contributed by atoms with Gasteiger partial charge in [0.25, 0.3) is 10.0 Å². The summed E-state index contributed by atoms with van der Waals surface area (Å²) < 4.78 is 43.4. The smallest absolute Gasteiger partial charge is 0.286 e. The van der Waals surface area contributed by atoms with Crippen LogP contribution in [0.1, 0.15) is 28.0 Å². The predicted octanol–water partition coefficient (Wildman–Crippen LogP) is 4.15. The Hall–Kier alpha value is -3.58. The number of para-hydroxylation sites is 2. The molecule has 13 heteroatoms. The summed E-state index contributed by atoms with van der Waals surface area (Å²) in [5, 5.41) is 20.7. The molecule has 36 heavy (non-hydrogen) atoms. The van der Waals surface area contributed by atoms with Gasteiger partial charge in [-0.05, 0) is 49.4 Å². The second kappa shape index (κ2) is 9.82. The highest BCUT2D eigenvalue weighted by atomic mass is 35.5. The van der Waals surface area contributed by atoms with Gasteiger partial charge in [-0.3, -0.25) is 4.79 Å². The average Bonchev–Trinajstić information content (AvgIpc) is 3.45. The number of benzene rings is 2. The number of aromatic nitrogens is 2. The number of carbonyl (C=O) groups excluding carboxylic acids is 1. The number of nitrogens with zero attached hydrogens (tertiary/aromatic N) is 2. The van der Waals surface area contributed by atoms with E-state index < -0.39 is 44.2 Å². The first-order valence-corrected chi connectivity index (χ1v) is 12.9. The highest BCUT2D eigenvalue weighted by Crippen LogP contribution is 2.33. The molecule has 0 aliphatic heterocycles. The Morgan fingerprint density at radius 2 is 1.94 bits per heavy atom. The van der Waals surface area contributed by atoms with Crippen molar-refractivity contribution >= 4 is 66.9 Å². The number of halogens is 2. The number of rotatable bonds is 7. The molecule has 0 bridgehead atoms. The quantitative estimate of drug-likeness (QED) is 0.0887. The van der Waals surface area contributed by atoms with Crippen LogP contribution in [0.5, 0.6) is 0 Å². The first kappa shape index (κ1) is 25.5. The number of aliphatic hydroxyl groups excluding tert-OH is 2. The Morgan fingerprint density at radius 1 is 1.22 bits per heavy atom. The first-order chi connectivity index (χ1) is 17.0. The van der Waals surface area contributed by atoms with E-state index in [4.69, 9.17) is 17.3 Å². The number of carbonyl (C=O) groups is 1. The second-order valence-corrected chi connectivity index (χ2v) is 10.9. The Balaban J connectivity index is 1.93. The van der Waals surface area contributed by atoms with E-state index in [1.165, 1.54) is 19.1 Å². The fourth-order valence-electron chi connectivity index (χ4n) is 3.21. The van der Waals surface area contributed by atoms with Gasteiger partial charge in [0.1, 0.15) is 39.8 Å². The SMILES string of the molecule is C[C@@H](O)C(N)=NS(=O)(=O)c1cc(C(O)=C(C(=O)c2ccc(Cl)s2)c2nc3ccccc3[nH]2)ccc1F. The van der Waals surface area contributed by atoms with Crippen LogP contribution >= 0.6 is 22.9 Å². The van der Waals surface area contributed by atoms with Crippen LogP contribution in [0.3, 0.4) is 0 Å². The number of fused-ring (bicyclic) bond motifs is 1. The molecule has 0 saturated heterocycles. The highest BCUT2D eigenvalue weighted by molar-refractivity contribution is 7.90. The van der Waals surface area contributed by atoms with Gasteiger partial charge in [0.05, 0.1) is 20.2 Å².